The third-order valence-corrected chi connectivity index (χ3v) is 6.05. The predicted octanol–water partition coefficient (Wildman–Crippen LogP) is 2.90. The molecule has 2 bridgehead atoms. The highest BCUT2D eigenvalue weighted by Gasteiger charge is 2.69. The fraction of sp³-hybridized carbons (Fsp3) is 0.421. The van der Waals surface area contributed by atoms with Gasteiger partial charge in [-0.3, -0.25) is 4.57 Å². The number of halogens is 3. The number of nitrogens with zero attached hydrogens (tertiary/aromatic N) is 2. The van der Waals surface area contributed by atoms with Gasteiger partial charge in [-0.15, -0.1) is 0 Å². The van der Waals surface area contributed by atoms with E-state index in [0.717, 1.165) is 10.6 Å². The summed E-state index contributed by atoms with van der Waals surface area (Å²) in [4.78, 5) is 2.87. The van der Waals surface area contributed by atoms with Crippen molar-refractivity contribution in [2.45, 2.75) is 37.3 Å². The number of aliphatic hydroxyl groups is 2. The molecule has 10 heteroatoms. The summed E-state index contributed by atoms with van der Waals surface area (Å²) < 4.78 is 46.7. The standard InChI is InChI=1S/C19H17F3N2O5/c1-17-10(7-25)14(26)18(2,29-17)13-12(17)15(27)24(16(13)28)8-4-5-11(23-3)9(6-8)19(20,21)22/h4-6,10,14,25-28H,7H2,1-2H3/t10-,14-,17?,18?/m1/s1. The molecule has 3 heterocycles. The Balaban J connectivity index is 1.98. The van der Waals surface area contributed by atoms with E-state index >= 15 is 0 Å². The molecule has 154 valence electrons. The Morgan fingerprint density at radius 2 is 1.76 bits per heavy atom. The van der Waals surface area contributed by atoms with Crippen molar-refractivity contribution in [3.05, 3.63) is 46.3 Å². The van der Waals surface area contributed by atoms with Crippen LogP contribution in [0, 0.1) is 12.5 Å². The van der Waals surface area contributed by atoms with Crippen LogP contribution in [0.3, 0.4) is 0 Å². The molecule has 1 saturated heterocycles. The van der Waals surface area contributed by atoms with Crippen molar-refractivity contribution in [2.24, 2.45) is 5.92 Å². The van der Waals surface area contributed by atoms with Gasteiger partial charge in [-0.1, -0.05) is 6.07 Å². The van der Waals surface area contributed by atoms with Crippen LogP contribution in [0.4, 0.5) is 18.9 Å². The van der Waals surface area contributed by atoms with Gasteiger partial charge in [-0.05, 0) is 26.0 Å². The fourth-order valence-electron chi connectivity index (χ4n) is 4.69. The van der Waals surface area contributed by atoms with E-state index < -0.39 is 59.0 Å². The molecule has 0 saturated carbocycles. The minimum absolute atomic E-state index is 0.0533. The van der Waals surface area contributed by atoms with Crippen LogP contribution in [0.15, 0.2) is 18.2 Å². The van der Waals surface area contributed by atoms with Gasteiger partial charge >= 0.3 is 6.18 Å². The SMILES string of the molecule is [C-]#[N+]c1ccc(-n2c(O)c3c(c2O)C2(C)OC3(C)[C@H](O)[C@H]2CO)cc1C(F)(F)F. The molecule has 4 atom stereocenters. The summed E-state index contributed by atoms with van der Waals surface area (Å²) >= 11 is 0. The van der Waals surface area contributed by atoms with Gasteiger partial charge < -0.3 is 25.2 Å². The molecule has 7 nitrogen and oxygen atoms in total. The lowest BCUT2D eigenvalue weighted by atomic mass is 9.71. The maximum absolute atomic E-state index is 13.3. The number of aromatic nitrogens is 1. The van der Waals surface area contributed by atoms with Gasteiger partial charge in [0.2, 0.25) is 11.8 Å². The molecule has 1 aromatic carbocycles. The highest BCUT2D eigenvalue weighted by atomic mass is 19.4. The Morgan fingerprint density at radius 3 is 2.28 bits per heavy atom. The highest BCUT2D eigenvalue weighted by molar-refractivity contribution is 5.64. The molecule has 0 spiro atoms. The highest BCUT2D eigenvalue weighted by Crippen LogP contribution is 2.66. The lowest BCUT2D eigenvalue weighted by molar-refractivity contribution is -0.136. The second kappa shape index (κ2) is 5.66. The molecule has 29 heavy (non-hydrogen) atoms. The van der Waals surface area contributed by atoms with Crippen LogP contribution >= 0.6 is 0 Å². The Bertz CT molecular complexity index is 1070. The summed E-state index contributed by atoms with van der Waals surface area (Å²) in [7, 11) is 0. The third-order valence-electron chi connectivity index (χ3n) is 6.05. The van der Waals surface area contributed by atoms with Gasteiger partial charge in [0.15, 0.2) is 5.69 Å². The zero-order valence-electron chi connectivity index (χ0n) is 15.3. The first-order valence-electron chi connectivity index (χ1n) is 8.67. The van der Waals surface area contributed by atoms with Crippen molar-refractivity contribution >= 4 is 5.69 Å². The smallest absolute Gasteiger partial charge is 0.407 e. The average molecular weight is 410 g/mol. The molecule has 1 fully saturated rings. The topological polar surface area (TPSA) is 99.4 Å². The molecule has 4 N–H and O–H groups in total. The van der Waals surface area contributed by atoms with Crippen molar-refractivity contribution in [3.8, 4) is 17.4 Å². The van der Waals surface area contributed by atoms with Gasteiger partial charge in [0.25, 0.3) is 0 Å². The summed E-state index contributed by atoms with van der Waals surface area (Å²) in [5.74, 6) is -1.95. The molecular weight excluding hydrogens is 393 g/mol. The van der Waals surface area contributed by atoms with Crippen LogP contribution < -0.4 is 0 Å². The van der Waals surface area contributed by atoms with Gasteiger partial charge in [0.1, 0.15) is 11.2 Å². The lowest BCUT2D eigenvalue weighted by Crippen LogP contribution is -2.42. The van der Waals surface area contributed by atoms with E-state index in [0.29, 0.717) is 6.07 Å². The number of aromatic hydroxyl groups is 2. The van der Waals surface area contributed by atoms with Crippen molar-refractivity contribution in [2.75, 3.05) is 6.61 Å². The number of fused-ring (bicyclic) bond motifs is 5. The molecule has 2 aliphatic rings. The number of ether oxygens (including phenoxy) is 1. The summed E-state index contributed by atoms with van der Waals surface area (Å²) in [6, 6.07) is 2.79. The second-order valence-electron chi connectivity index (χ2n) is 7.59. The molecular formula is C19H17F3N2O5. The molecule has 1 aromatic heterocycles. The summed E-state index contributed by atoms with van der Waals surface area (Å²) in [5, 5.41) is 41.9. The largest absolute Gasteiger partial charge is 0.494 e. The Labute approximate surface area is 163 Å². The number of hydrogen-bond acceptors (Lipinski definition) is 5. The van der Waals surface area contributed by atoms with Crippen molar-refractivity contribution in [1.82, 2.24) is 4.57 Å². The Kier molecular flexibility index (Phi) is 3.82. The van der Waals surface area contributed by atoms with E-state index in [1.165, 1.54) is 19.9 Å². The molecule has 4 rings (SSSR count). The minimum atomic E-state index is -4.81. The average Bonchev–Trinajstić information content (AvgIpc) is 3.13. The zero-order valence-corrected chi connectivity index (χ0v) is 15.3. The van der Waals surface area contributed by atoms with Crippen LogP contribution in [0.1, 0.15) is 30.5 Å². The van der Waals surface area contributed by atoms with E-state index in [-0.39, 0.29) is 16.8 Å². The number of aliphatic hydroxyl groups excluding tert-OH is 2. The normalized spacial score (nSPS) is 30.4. The van der Waals surface area contributed by atoms with Crippen LogP contribution in [-0.2, 0) is 22.1 Å². The Hall–Kier alpha value is -2.74. The van der Waals surface area contributed by atoms with E-state index in [1.807, 2.05) is 0 Å². The lowest BCUT2D eigenvalue weighted by Gasteiger charge is -2.31. The molecule has 0 radical (unpaired) electrons. The number of alkyl halides is 3. The fourth-order valence-corrected chi connectivity index (χ4v) is 4.69. The van der Waals surface area contributed by atoms with E-state index in [9.17, 15) is 33.6 Å². The van der Waals surface area contributed by atoms with Gasteiger partial charge in [-0.25, -0.2) is 4.85 Å². The second-order valence-corrected chi connectivity index (χ2v) is 7.59. The first-order chi connectivity index (χ1) is 13.4. The van der Waals surface area contributed by atoms with Crippen molar-refractivity contribution in [3.63, 3.8) is 0 Å². The molecule has 0 amide bonds. The maximum atomic E-state index is 13.3. The number of benzene rings is 1. The number of rotatable bonds is 2. The summed E-state index contributed by atoms with van der Waals surface area (Å²) in [6.07, 6.45) is -6.02. The van der Waals surface area contributed by atoms with Crippen LogP contribution in [0.25, 0.3) is 10.5 Å². The monoisotopic (exact) mass is 410 g/mol. The van der Waals surface area contributed by atoms with Crippen molar-refractivity contribution < 1.29 is 38.3 Å². The maximum Gasteiger partial charge on any atom is 0.407 e. The molecule has 2 unspecified atom stereocenters. The molecule has 2 aliphatic heterocycles. The minimum Gasteiger partial charge on any atom is -0.494 e. The summed E-state index contributed by atoms with van der Waals surface area (Å²) in [5.41, 5.74) is -4.69. The molecule has 2 aromatic rings. The molecule has 0 aliphatic carbocycles. The Morgan fingerprint density at radius 1 is 1.17 bits per heavy atom. The number of hydrogen-bond donors (Lipinski definition) is 4. The van der Waals surface area contributed by atoms with E-state index in [2.05, 4.69) is 4.85 Å². The summed E-state index contributed by atoms with van der Waals surface area (Å²) in [6.45, 7) is 9.47. The van der Waals surface area contributed by atoms with Crippen LogP contribution in [-0.4, -0.2) is 37.7 Å². The van der Waals surface area contributed by atoms with Gasteiger partial charge in [0.05, 0.1) is 41.7 Å². The van der Waals surface area contributed by atoms with Crippen LogP contribution in [0.2, 0.25) is 0 Å². The van der Waals surface area contributed by atoms with Gasteiger partial charge in [0, 0.05) is 5.92 Å². The first-order valence-corrected chi connectivity index (χ1v) is 8.67. The zero-order chi connectivity index (χ0) is 21.5. The van der Waals surface area contributed by atoms with E-state index in [1.54, 1.807) is 0 Å². The van der Waals surface area contributed by atoms with Gasteiger partial charge in [-0.2, -0.15) is 13.2 Å². The van der Waals surface area contributed by atoms with E-state index in [4.69, 9.17) is 11.3 Å². The quantitative estimate of drug-likeness (QED) is 0.571. The van der Waals surface area contributed by atoms with Crippen LogP contribution in [0.5, 0.6) is 11.8 Å². The third kappa shape index (κ3) is 2.23. The predicted molar refractivity (Wildman–Crippen MR) is 92.7 cm³/mol. The van der Waals surface area contributed by atoms with Crippen molar-refractivity contribution in [1.29, 1.82) is 0 Å². The first kappa shape index (κ1) is 19.6.